The van der Waals surface area contributed by atoms with Crippen molar-refractivity contribution < 1.29 is 13.2 Å². The second kappa shape index (κ2) is 8.37. The topological polar surface area (TPSA) is 123 Å². The lowest BCUT2D eigenvalue weighted by Gasteiger charge is -2.14. The van der Waals surface area contributed by atoms with Gasteiger partial charge in [0.05, 0.1) is 16.6 Å². The molecule has 2 aromatic rings. The average molecular weight is 472 g/mol. The molecule has 0 bridgehead atoms. The molecule has 0 atom stereocenters. The van der Waals surface area contributed by atoms with Gasteiger partial charge in [0, 0.05) is 18.3 Å². The SMILES string of the molecule is CC(C)c1cc(S(=O)(=O)c2c(Cl)cc(NCC3=NCC(=O)N3)cc2Cl)nn(C)c1=O. The standard InChI is InChI=1S/C18H19Cl2N5O4S/c1-9(2)11-6-16(24-25(3)18(11)27)30(28,29)17-12(19)4-10(5-13(17)20)21-7-14-22-8-15(26)23-14/h4-6,9,21H,7-8H2,1-3H3,(H,22,23,26). The summed E-state index contributed by atoms with van der Waals surface area (Å²) in [5, 5.41) is 8.92. The van der Waals surface area contributed by atoms with E-state index in [9.17, 15) is 18.0 Å². The highest BCUT2D eigenvalue weighted by molar-refractivity contribution is 7.91. The quantitative estimate of drug-likeness (QED) is 0.663. The van der Waals surface area contributed by atoms with Crippen LogP contribution in [0, 0.1) is 0 Å². The molecule has 160 valence electrons. The van der Waals surface area contributed by atoms with E-state index in [4.69, 9.17) is 23.2 Å². The van der Waals surface area contributed by atoms with E-state index in [1.54, 1.807) is 13.8 Å². The number of halogens is 2. The fraction of sp³-hybridized carbons (Fsp3) is 0.333. The summed E-state index contributed by atoms with van der Waals surface area (Å²) in [5.41, 5.74) is 0.391. The number of sulfone groups is 1. The number of aromatic nitrogens is 2. The number of hydrogen-bond acceptors (Lipinski definition) is 7. The van der Waals surface area contributed by atoms with Gasteiger partial charge in [-0.25, -0.2) is 13.1 Å². The molecule has 0 unspecified atom stereocenters. The van der Waals surface area contributed by atoms with Gasteiger partial charge in [-0.1, -0.05) is 37.0 Å². The van der Waals surface area contributed by atoms with E-state index in [0.717, 1.165) is 4.68 Å². The van der Waals surface area contributed by atoms with Gasteiger partial charge in [0.2, 0.25) is 15.7 Å². The zero-order valence-corrected chi connectivity index (χ0v) is 18.7. The lowest BCUT2D eigenvalue weighted by Crippen LogP contribution is -2.29. The Balaban J connectivity index is 1.97. The molecular formula is C18H19Cl2N5O4S. The molecule has 1 aliphatic rings. The van der Waals surface area contributed by atoms with E-state index in [1.165, 1.54) is 25.2 Å². The number of amidine groups is 1. The molecule has 0 fully saturated rings. The number of rotatable bonds is 6. The number of carbonyl (C=O) groups is 1. The van der Waals surface area contributed by atoms with Crippen molar-refractivity contribution in [3.63, 3.8) is 0 Å². The molecule has 9 nitrogen and oxygen atoms in total. The molecule has 0 saturated carbocycles. The first-order valence-corrected chi connectivity index (χ1v) is 11.1. The fourth-order valence-corrected chi connectivity index (χ4v) is 5.31. The first-order chi connectivity index (χ1) is 14.0. The Bertz CT molecular complexity index is 1200. The highest BCUT2D eigenvalue weighted by atomic mass is 35.5. The Labute approximate surface area is 183 Å². The lowest BCUT2D eigenvalue weighted by molar-refractivity contribution is -0.117. The second-order valence-electron chi connectivity index (χ2n) is 6.96. The lowest BCUT2D eigenvalue weighted by atomic mass is 10.1. The van der Waals surface area contributed by atoms with Crippen molar-refractivity contribution in [2.45, 2.75) is 29.7 Å². The van der Waals surface area contributed by atoms with Crippen LogP contribution in [0.3, 0.4) is 0 Å². The van der Waals surface area contributed by atoms with E-state index in [2.05, 4.69) is 20.7 Å². The zero-order chi connectivity index (χ0) is 22.2. The normalized spacial score (nSPS) is 14.1. The number of nitrogens with zero attached hydrogens (tertiary/aromatic N) is 3. The van der Waals surface area contributed by atoms with Crippen LogP contribution in [0.5, 0.6) is 0 Å². The molecule has 0 saturated heterocycles. The van der Waals surface area contributed by atoms with Gasteiger partial charge in [0.25, 0.3) is 5.56 Å². The summed E-state index contributed by atoms with van der Waals surface area (Å²) in [6.45, 7) is 3.85. The molecule has 0 radical (unpaired) electrons. The monoisotopic (exact) mass is 471 g/mol. The molecule has 30 heavy (non-hydrogen) atoms. The van der Waals surface area contributed by atoms with Gasteiger partial charge < -0.3 is 10.6 Å². The molecule has 1 aromatic heterocycles. The maximum atomic E-state index is 13.2. The third-order valence-electron chi connectivity index (χ3n) is 4.39. The third kappa shape index (κ3) is 4.35. The second-order valence-corrected chi connectivity index (χ2v) is 9.61. The molecule has 2 heterocycles. The van der Waals surface area contributed by atoms with Gasteiger partial charge in [-0.3, -0.25) is 14.6 Å². The highest BCUT2D eigenvalue weighted by Crippen LogP contribution is 2.36. The molecular weight excluding hydrogens is 453 g/mol. The van der Waals surface area contributed by atoms with E-state index >= 15 is 0 Å². The zero-order valence-electron chi connectivity index (χ0n) is 16.4. The van der Waals surface area contributed by atoms with Gasteiger partial charge in [-0.2, -0.15) is 5.10 Å². The van der Waals surface area contributed by atoms with E-state index in [0.29, 0.717) is 17.1 Å². The van der Waals surface area contributed by atoms with Gasteiger partial charge in [-0.15, -0.1) is 0 Å². The minimum absolute atomic E-state index is 0.0701. The van der Waals surface area contributed by atoms with Gasteiger partial charge in [-0.05, 0) is 24.1 Å². The molecule has 2 N–H and O–H groups in total. The summed E-state index contributed by atoms with van der Waals surface area (Å²) < 4.78 is 27.4. The van der Waals surface area contributed by atoms with Crippen LogP contribution in [0.25, 0.3) is 0 Å². The molecule has 1 aliphatic heterocycles. The molecule has 1 aromatic carbocycles. The summed E-state index contributed by atoms with van der Waals surface area (Å²) in [7, 11) is -2.81. The summed E-state index contributed by atoms with van der Waals surface area (Å²) in [6.07, 6.45) is 0. The number of nitrogens with one attached hydrogen (secondary N) is 2. The Hall–Kier alpha value is -2.43. The summed E-state index contributed by atoms with van der Waals surface area (Å²) in [4.78, 5) is 27.1. The maximum absolute atomic E-state index is 13.2. The average Bonchev–Trinajstić information content (AvgIpc) is 3.06. The van der Waals surface area contributed by atoms with Gasteiger partial charge in [0.1, 0.15) is 17.3 Å². The minimum atomic E-state index is -4.19. The van der Waals surface area contributed by atoms with E-state index in [-0.39, 0.29) is 50.4 Å². The highest BCUT2D eigenvalue weighted by Gasteiger charge is 2.28. The third-order valence-corrected chi connectivity index (χ3v) is 6.94. The van der Waals surface area contributed by atoms with Crippen molar-refractivity contribution in [2.24, 2.45) is 12.0 Å². The van der Waals surface area contributed by atoms with Crippen molar-refractivity contribution in [3.05, 3.63) is 44.2 Å². The molecule has 0 spiro atoms. The number of aliphatic imine (C=N–C) groups is 1. The van der Waals surface area contributed by atoms with Crippen LogP contribution in [-0.4, -0.2) is 43.0 Å². The number of anilines is 1. The largest absolute Gasteiger partial charge is 0.378 e. The van der Waals surface area contributed by atoms with Crippen molar-refractivity contribution in [1.29, 1.82) is 0 Å². The number of carbonyl (C=O) groups excluding carboxylic acids is 1. The minimum Gasteiger partial charge on any atom is -0.378 e. The van der Waals surface area contributed by atoms with E-state index in [1.807, 2.05) is 0 Å². The van der Waals surface area contributed by atoms with Crippen LogP contribution >= 0.6 is 23.2 Å². The predicted octanol–water partition coefficient (Wildman–Crippen LogP) is 1.98. The summed E-state index contributed by atoms with van der Waals surface area (Å²) in [5.74, 6) is 0.0616. The van der Waals surface area contributed by atoms with Crippen LogP contribution < -0.4 is 16.2 Å². The van der Waals surface area contributed by atoms with Crippen LogP contribution in [-0.2, 0) is 21.7 Å². The van der Waals surface area contributed by atoms with Crippen molar-refractivity contribution >= 4 is 50.5 Å². The Morgan fingerprint density at radius 2 is 1.83 bits per heavy atom. The van der Waals surface area contributed by atoms with Crippen molar-refractivity contribution in [2.75, 3.05) is 18.4 Å². The number of hydrogen-bond donors (Lipinski definition) is 2. The number of benzene rings is 1. The number of amides is 1. The Morgan fingerprint density at radius 3 is 2.37 bits per heavy atom. The molecule has 0 aliphatic carbocycles. The van der Waals surface area contributed by atoms with Crippen LogP contribution in [0.1, 0.15) is 25.3 Å². The fourth-order valence-electron chi connectivity index (χ4n) is 2.87. The molecule has 3 rings (SSSR count). The summed E-state index contributed by atoms with van der Waals surface area (Å²) >= 11 is 12.5. The molecule has 12 heteroatoms. The smallest absolute Gasteiger partial charge is 0.270 e. The van der Waals surface area contributed by atoms with Crippen LogP contribution in [0.15, 0.2) is 37.9 Å². The number of aryl methyl sites for hydroxylation is 1. The van der Waals surface area contributed by atoms with Gasteiger partial charge >= 0.3 is 0 Å². The van der Waals surface area contributed by atoms with Crippen LogP contribution in [0.2, 0.25) is 10.0 Å². The van der Waals surface area contributed by atoms with Crippen molar-refractivity contribution in [3.8, 4) is 0 Å². The van der Waals surface area contributed by atoms with Gasteiger partial charge in [0.15, 0.2) is 5.03 Å². The van der Waals surface area contributed by atoms with Crippen LogP contribution in [0.4, 0.5) is 5.69 Å². The Kier molecular flexibility index (Phi) is 6.21. The first kappa shape index (κ1) is 22.3. The van der Waals surface area contributed by atoms with E-state index < -0.39 is 9.84 Å². The first-order valence-electron chi connectivity index (χ1n) is 8.90. The predicted molar refractivity (Wildman–Crippen MR) is 114 cm³/mol. The maximum Gasteiger partial charge on any atom is 0.270 e. The van der Waals surface area contributed by atoms with Crippen molar-refractivity contribution in [1.82, 2.24) is 15.1 Å². The molecule has 1 amide bonds. The summed E-state index contributed by atoms with van der Waals surface area (Å²) in [6, 6.07) is 4.06. The Morgan fingerprint density at radius 1 is 1.20 bits per heavy atom.